The zero-order valence-electron chi connectivity index (χ0n) is 11.1. The van der Waals surface area contributed by atoms with Crippen molar-refractivity contribution < 1.29 is 17.9 Å². The average Bonchev–Trinajstić information content (AvgIpc) is 2.41. The van der Waals surface area contributed by atoms with Gasteiger partial charge >= 0.3 is 0 Å². The van der Waals surface area contributed by atoms with Crippen molar-refractivity contribution in [2.75, 3.05) is 4.72 Å². The Morgan fingerprint density at radius 2 is 1.95 bits per heavy atom. The van der Waals surface area contributed by atoms with Crippen LogP contribution in [0.3, 0.4) is 0 Å². The van der Waals surface area contributed by atoms with Crippen LogP contribution in [0.2, 0.25) is 0 Å². The van der Waals surface area contributed by atoms with Crippen molar-refractivity contribution >= 4 is 31.6 Å². The van der Waals surface area contributed by atoms with Gasteiger partial charge in [-0.15, -0.1) is 0 Å². The van der Waals surface area contributed by atoms with Crippen LogP contribution in [0.5, 0.6) is 0 Å². The zero-order chi connectivity index (χ0) is 15.6. The second kappa shape index (κ2) is 6.13. The zero-order valence-corrected chi connectivity index (χ0v) is 13.5. The Balaban J connectivity index is 2.38. The molecular weight excluding hydrogens is 361 g/mol. The van der Waals surface area contributed by atoms with Crippen molar-refractivity contribution in [2.24, 2.45) is 0 Å². The molecule has 0 saturated carbocycles. The highest BCUT2D eigenvalue weighted by molar-refractivity contribution is 9.10. The second-order valence-corrected chi connectivity index (χ2v) is 7.02. The van der Waals surface area contributed by atoms with Crippen LogP contribution in [-0.4, -0.2) is 13.5 Å². The Kier molecular flexibility index (Phi) is 4.65. The van der Waals surface area contributed by atoms with Gasteiger partial charge < -0.3 is 5.11 Å². The molecule has 112 valence electrons. The van der Waals surface area contributed by atoms with Gasteiger partial charge in [0, 0.05) is 4.47 Å². The lowest BCUT2D eigenvalue weighted by Gasteiger charge is -2.11. The maximum atomic E-state index is 13.7. The number of halogens is 2. The van der Waals surface area contributed by atoms with Crippen molar-refractivity contribution in [1.82, 2.24) is 0 Å². The van der Waals surface area contributed by atoms with Gasteiger partial charge in [-0.2, -0.15) is 0 Å². The van der Waals surface area contributed by atoms with Gasteiger partial charge in [-0.1, -0.05) is 12.1 Å². The molecule has 0 aromatic heterocycles. The van der Waals surface area contributed by atoms with E-state index < -0.39 is 15.8 Å². The maximum absolute atomic E-state index is 13.7. The highest BCUT2D eigenvalue weighted by Crippen LogP contribution is 2.26. The van der Waals surface area contributed by atoms with Crippen LogP contribution in [-0.2, 0) is 16.6 Å². The number of sulfonamides is 1. The Morgan fingerprint density at radius 1 is 1.24 bits per heavy atom. The third kappa shape index (κ3) is 3.61. The lowest BCUT2D eigenvalue weighted by molar-refractivity contribution is 0.281. The molecule has 0 aliphatic carbocycles. The molecule has 2 N–H and O–H groups in total. The van der Waals surface area contributed by atoms with Gasteiger partial charge in [0.2, 0.25) is 0 Å². The molecule has 21 heavy (non-hydrogen) atoms. The summed E-state index contributed by atoms with van der Waals surface area (Å²) < 4.78 is 40.8. The van der Waals surface area contributed by atoms with Crippen molar-refractivity contribution in [3.63, 3.8) is 0 Å². The first-order valence-electron chi connectivity index (χ1n) is 6.02. The summed E-state index contributed by atoms with van der Waals surface area (Å²) in [4.78, 5) is -0.0281. The molecule has 0 saturated heterocycles. The van der Waals surface area contributed by atoms with Crippen molar-refractivity contribution in [1.29, 1.82) is 0 Å². The molecule has 2 aromatic rings. The Bertz CT molecular complexity index is 778. The standard InChI is InChI=1S/C14H13BrFNO3S/c1-9-2-4-13(12(16)6-9)17-21(19,20)14-5-3-10(8-18)7-11(14)15/h2-7,17-18H,8H2,1H3. The summed E-state index contributed by atoms with van der Waals surface area (Å²) in [5.74, 6) is -0.637. The van der Waals surface area contributed by atoms with Crippen LogP contribution in [0.4, 0.5) is 10.1 Å². The molecule has 0 spiro atoms. The van der Waals surface area contributed by atoms with E-state index in [-0.39, 0.29) is 17.2 Å². The number of hydrogen-bond acceptors (Lipinski definition) is 3. The SMILES string of the molecule is Cc1ccc(NS(=O)(=O)c2ccc(CO)cc2Br)c(F)c1. The number of aryl methyl sites for hydroxylation is 1. The number of benzene rings is 2. The van der Waals surface area contributed by atoms with Crippen molar-refractivity contribution in [2.45, 2.75) is 18.4 Å². The Hall–Kier alpha value is -1.44. The number of aliphatic hydroxyl groups is 1. The predicted molar refractivity (Wildman–Crippen MR) is 82.0 cm³/mol. The summed E-state index contributed by atoms with van der Waals surface area (Å²) >= 11 is 3.14. The molecule has 0 fully saturated rings. The molecule has 0 heterocycles. The molecule has 0 bridgehead atoms. The smallest absolute Gasteiger partial charge is 0.263 e. The minimum Gasteiger partial charge on any atom is -0.392 e. The first kappa shape index (κ1) is 15.9. The first-order valence-corrected chi connectivity index (χ1v) is 8.29. The lowest BCUT2D eigenvalue weighted by atomic mass is 10.2. The van der Waals surface area contributed by atoms with Gasteiger partial charge in [-0.3, -0.25) is 4.72 Å². The lowest BCUT2D eigenvalue weighted by Crippen LogP contribution is -2.14. The molecule has 0 atom stereocenters. The highest BCUT2D eigenvalue weighted by atomic mass is 79.9. The van der Waals surface area contributed by atoms with Crippen LogP contribution < -0.4 is 4.72 Å². The van der Waals surface area contributed by atoms with E-state index in [4.69, 9.17) is 5.11 Å². The highest BCUT2D eigenvalue weighted by Gasteiger charge is 2.19. The summed E-state index contributed by atoms with van der Waals surface area (Å²) in [5, 5.41) is 9.02. The van der Waals surface area contributed by atoms with Crippen molar-refractivity contribution in [3.05, 3.63) is 57.8 Å². The fourth-order valence-corrected chi connectivity index (χ4v) is 3.96. The van der Waals surface area contributed by atoms with E-state index in [0.29, 0.717) is 15.6 Å². The minimum atomic E-state index is -3.92. The maximum Gasteiger partial charge on any atom is 0.263 e. The minimum absolute atomic E-state index is 0.0281. The molecule has 0 aliphatic rings. The van der Waals surface area contributed by atoms with Gasteiger partial charge in [-0.05, 0) is 58.2 Å². The van der Waals surface area contributed by atoms with E-state index in [9.17, 15) is 12.8 Å². The molecular formula is C14H13BrFNO3S. The molecule has 0 radical (unpaired) electrons. The number of rotatable bonds is 4. The summed E-state index contributed by atoms with van der Waals surface area (Å²) in [6, 6.07) is 8.58. The average molecular weight is 374 g/mol. The van der Waals surface area contributed by atoms with E-state index in [2.05, 4.69) is 20.7 Å². The monoisotopic (exact) mass is 373 g/mol. The third-order valence-corrected chi connectivity index (χ3v) is 5.18. The molecule has 2 aromatic carbocycles. The summed E-state index contributed by atoms with van der Waals surface area (Å²) in [7, 11) is -3.92. The molecule has 0 aliphatic heterocycles. The number of aliphatic hydroxyl groups excluding tert-OH is 1. The van der Waals surface area contributed by atoms with Gasteiger partial charge in [0.05, 0.1) is 12.3 Å². The van der Waals surface area contributed by atoms with Crippen LogP contribution >= 0.6 is 15.9 Å². The van der Waals surface area contributed by atoms with E-state index >= 15 is 0 Å². The molecule has 4 nitrogen and oxygen atoms in total. The predicted octanol–water partition coefficient (Wildman–Crippen LogP) is 3.19. The fraction of sp³-hybridized carbons (Fsp3) is 0.143. The number of anilines is 1. The van der Waals surface area contributed by atoms with E-state index in [1.807, 2.05) is 0 Å². The largest absolute Gasteiger partial charge is 0.392 e. The van der Waals surface area contributed by atoms with E-state index in [1.165, 1.54) is 30.3 Å². The molecule has 0 unspecified atom stereocenters. The van der Waals surface area contributed by atoms with Crippen molar-refractivity contribution in [3.8, 4) is 0 Å². The topological polar surface area (TPSA) is 66.4 Å². The van der Waals surface area contributed by atoms with E-state index in [1.54, 1.807) is 13.0 Å². The second-order valence-electron chi connectivity index (χ2n) is 4.51. The quantitative estimate of drug-likeness (QED) is 0.864. The number of nitrogens with one attached hydrogen (secondary N) is 1. The summed E-state index contributed by atoms with van der Waals surface area (Å²) in [6.45, 7) is 1.52. The fourth-order valence-electron chi connectivity index (χ4n) is 1.76. The third-order valence-electron chi connectivity index (χ3n) is 2.84. The summed E-state index contributed by atoms with van der Waals surface area (Å²) in [6.07, 6.45) is 0. The van der Waals surface area contributed by atoms with Gasteiger partial charge in [0.1, 0.15) is 10.7 Å². The van der Waals surface area contributed by atoms with E-state index in [0.717, 1.165) is 0 Å². The number of hydrogen-bond donors (Lipinski definition) is 2. The Morgan fingerprint density at radius 3 is 2.52 bits per heavy atom. The van der Waals surface area contributed by atoms with Crippen LogP contribution in [0.15, 0.2) is 45.8 Å². The van der Waals surface area contributed by atoms with Crippen LogP contribution in [0, 0.1) is 12.7 Å². The first-order chi connectivity index (χ1) is 9.83. The molecule has 2 rings (SSSR count). The normalized spacial score (nSPS) is 11.4. The van der Waals surface area contributed by atoms with Crippen LogP contribution in [0.1, 0.15) is 11.1 Å². The Labute approximate surface area is 130 Å². The van der Waals surface area contributed by atoms with Gasteiger partial charge in [-0.25, -0.2) is 12.8 Å². The van der Waals surface area contributed by atoms with Crippen LogP contribution in [0.25, 0.3) is 0 Å². The van der Waals surface area contributed by atoms with Gasteiger partial charge in [0.25, 0.3) is 10.0 Å². The molecule has 7 heteroatoms. The summed E-state index contributed by atoms with van der Waals surface area (Å²) in [5.41, 5.74) is 1.16. The van der Waals surface area contributed by atoms with Gasteiger partial charge in [0.15, 0.2) is 0 Å². The molecule has 0 amide bonds.